The van der Waals surface area contributed by atoms with E-state index in [0.717, 1.165) is 6.42 Å². The monoisotopic (exact) mass is 320 g/mol. The Morgan fingerprint density at radius 3 is 2.65 bits per heavy atom. The molecule has 0 spiro atoms. The Morgan fingerprint density at radius 1 is 1.35 bits per heavy atom. The van der Waals surface area contributed by atoms with Crippen molar-refractivity contribution in [3.05, 3.63) is 35.9 Å². The topological polar surface area (TPSA) is 72.8 Å². The van der Waals surface area contributed by atoms with Gasteiger partial charge in [0.05, 0.1) is 18.8 Å². The van der Waals surface area contributed by atoms with Crippen molar-refractivity contribution < 1.29 is 15.0 Å². The first-order valence-electron chi connectivity index (χ1n) is 8.38. The minimum absolute atomic E-state index is 0.109. The summed E-state index contributed by atoms with van der Waals surface area (Å²) in [6.45, 7) is 5.10. The molecule has 1 saturated heterocycles. The molecule has 1 aliphatic rings. The number of nitrogens with one attached hydrogen (secondary N) is 1. The quantitative estimate of drug-likeness (QED) is 0.746. The molecule has 3 atom stereocenters. The van der Waals surface area contributed by atoms with Gasteiger partial charge in [0.2, 0.25) is 0 Å². The molecule has 1 unspecified atom stereocenters. The average Bonchev–Trinajstić information content (AvgIpc) is 2.93. The third-order valence-electron chi connectivity index (χ3n) is 4.66. The second-order valence-electron chi connectivity index (χ2n) is 6.76. The highest BCUT2D eigenvalue weighted by molar-refractivity contribution is 5.75. The zero-order chi connectivity index (χ0) is 16.8. The molecule has 0 aliphatic carbocycles. The standard InChI is InChI=1S/C18H28N2O3/c1-13(2)15(8-14-6-4-3-5-7-14)10-19-18(23)20-11-17(22)9-16(20)12-21/h3-7,13,15-17,21-22H,8-12H2,1-2H3,(H,19,23)/t15?,16-,17-/m0/s1. The fourth-order valence-corrected chi connectivity index (χ4v) is 3.09. The second kappa shape index (κ2) is 8.31. The van der Waals surface area contributed by atoms with Crippen molar-refractivity contribution in [3.8, 4) is 0 Å². The molecule has 5 heteroatoms. The lowest BCUT2D eigenvalue weighted by atomic mass is 9.89. The number of carbonyl (C=O) groups excluding carboxylic acids is 1. The predicted octanol–water partition coefficient (Wildman–Crippen LogP) is 1.64. The molecule has 1 heterocycles. The van der Waals surface area contributed by atoms with Gasteiger partial charge in [-0.1, -0.05) is 44.2 Å². The summed E-state index contributed by atoms with van der Waals surface area (Å²) < 4.78 is 0. The van der Waals surface area contributed by atoms with Gasteiger partial charge in [-0.2, -0.15) is 0 Å². The third-order valence-corrected chi connectivity index (χ3v) is 4.66. The lowest BCUT2D eigenvalue weighted by Gasteiger charge is -2.26. The summed E-state index contributed by atoms with van der Waals surface area (Å²) in [7, 11) is 0. The van der Waals surface area contributed by atoms with Crippen LogP contribution in [0.25, 0.3) is 0 Å². The van der Waals surface area contributed by atoms with E-state index >= 15 is 0 Å². The number of rotatable bonds is 6. The van der Waals surface area contributed by atoms with Crippen LogP contribution in [0.2, 0.25) is 0 Å². The first kappa shape index (κ1) is 17.8. The highest BCUT2D eigenvalue weighted by Crippen LogP contribution is 2.19. The summed E-state index contributed by atoms with van der Waals surface area (Å²) >= 11 is 0. The van der Waals surface area contributed by atoms with Crippen LogP contribution in [0.4, 0.5) is 4.79 Å². The van der Waals surface area contributed by atoms with Crippen molar-refractivity contribution in [1.82, 2.24) is 10.2 Å². The Balaban J connectivity index is 1.89. The Morgan fingerprint density at radius 2 is 2.04 bits per heavy atom. The SMILES string of the molecule is CC(C)C(CNC(=O)N1C[C@@H](O)C[C@H]1CO)Cc1ccccc1. The molecule has 2 amide bonds. The summed E-state index contributed by atoms with van der Waals surface area (Å²) in [5.74, 6) is 0.801. The minimum Gasteiger partial charge on any atom is -0.394 e. The normalized spacial score (nSPS) is 22.4. The van der Waals surface area contributed by atoms with Gasteiger partial charge in [-0.25, -0.2) is 4.79 Å². The average molecular weight is 320 g/mol. The number of amides is 2. The van der Waals surface area contributed by atoms with E-state index in [4.69, 9.17) is 0 Å². The molecule has 1 aromatic rings. The van der Waals surface area contributed by atoms with Crippen molar-refractivity contribution in [3.63, 3.8) is 0 Å². The first-order valence-corrected chi connectivity index (χ1v) is 8.38. The van der Waals surface area contributed by atoms with Crippen LogP contribution < -0.4 is 5.32 Å². The van der Waals surface area contributed by atoms with Gasteiger partial charge in [0.1, 0.15) is 0 Å². The molecule has 5 nitrogen and oxygen atoms in total. The van der Waals surface area contributed by atoms with E-state index < -0.39 is 6.10 Å². The maximum absolute atomic E-state index is 12.3. The van der Waals surface area contributed by atoms with E-state index in [1.54, 1.807) is 4.90 Å². The first-order chi connectivity index (χ1) is 11.0. The number of aliphatic hydroxyl groups is 2. The van der Waals surface area contributed by atoms with E-state index in [9.17, 15) is 15.0 Å². The van der Waals surface area contributed by atoms with Gasteiger partial charge in [-0.05, 0) is 30.2 Å². The Hall–Kier alpha value is -1.59. The molecule has 0 aromatic heterocycles. The van der Waals surface area contributed by atoms with Crippen LogP contribution in [0, 0.1) is 11.8 Å². The Kier molecular flexibility index (Phi) is 6.42. The van der Waals surface area contributed by atoms with E-state index in [0.29, 0.717) is 31.3 Å². The summed E-state index contributed by atoms with van der Waals surface area (Å²) in [6.07, 6.45) is 0.829. The molecular weight excluding hydrogens is 292 g/mol. The number of hydrogen-bond acceptors (Lipinski definition) is 3. The number of aliphatic hydroxyl groups excluding tert-OH is 2. The van der Waals surface area contributed by atoms with Crippen LogP contribution in [-0.2, 0) is 6.42 Å². The number of nitrogens with zero attached hydrogens (tertiary/aromatic N) is 1. The molecule has 0 bridgehead atoms. The molecule has 1 fully saturated rings. The second-order valence-corrected chi connectivity index (χ2v) is 6.76. The van der Waals surface area contributed by atoms with Gasteiger partial charge in [-0.3, -0.25) is 0 Å². The van der Waals surface area contributed by atoms with E-state index in [1.165, 1.54) is 5.56 Å². The van der Waals surface area contributed by atoms with E-state index in [1.807, 2.05) is 18.2 Å². The summed E-state index contributed by atoms with van der Waals surface area (Å²) in [4.78, 5) is 13.9. The molecule has 1 aliphatic heterocycles. The van der Waals surface area contributed by atoms with Crippen LogP contribution >= 0.6 is 0 Å². The number of benzene rings is 1. The van der Waals surface area contributed by atoms with Gasteiger partial charge in [0.15, 0.2) is 0 Å². The number of likely N-dealkylation sites (tertiary alicyclic amines) is 1. The molecule has 128 valence electrons. The maximum atomic E-state index is 12.3. The van der Waals surface area contributed by atoms with E-state index in [-0.39, 0.29) is 18.7 Å². The molecule has 3 N–H and O–H groups in total. The van der Waals surface area contributed by atoms with Gasteiger partial charge < -0.3 is 20.4 Å². The van der Waals surface area contributed by atoms with Crippen molar-refractivity contribution in [1.29, 1.82) is 0 Å². The summed E-state index contributed by atoms with van der Waals surface area (Å²) in [5, 5.41) is 22.0. The van der Waals surface area contributed by atoms with Gasteiger partial charge in [-0.15, -0.1) is 0 Å². The van der Waals surface area contributed by atoms with Gasteiger partial charge in [0.25, 0.3) is 0 Å². The van der Waals surface area contributed by atoms with E-state index in [2.05, 4.69) is 31.3 Å². The predicted molar refractivity (Wildman–Crippen MR) is 90.1 cm³/mol. The van der Waals surface area contributed by atoms with Crippen molar-refractivity contribution >= 4 is 6.03 Å². The molecule has 2 rings (SSSR count). The number of urea groups is 1. The third kappa shape index (κ3) is 4.94. The Bertz CT molecular complexity index is 492. The number of β-amino-alcohol motifs (C(OH)–C–C–N with tert-alkyl or cyclic N) is 1. The molecule has 0 saturated carbocycles. The van der Waals surface area contributed by atoms with Crippen LogP contribution in [0.15, 0.2) is 30.3 Å². The largest absolute Gasteiger partial charge is 0.394 e. The molecule has 0 radical (unpaired) electrons. The lowest BCUT2D eigenvalue weighted by molar-refractivity contribution is 0.153. The fourth-order valence-electron chi connectivity index (χ4n) is 3.09. The van der Waals surface area contributed by atoms with Crippen LogP contribution in [0.1, 0.15) is 25.8 Å². The van der Waals surface area contributed by atoms with Crippen LogP contribution in [0.3, 0.4) is 0 Å². The molecule has 23 heavy (non-hydrogen) atoms. The maximum Gasteiger partial charge on any atom is 0.317 e. The molecular formula is C18H28N2O3. The van der Waals surface area contributed by atoms with Crippen molar-refractivity contribution in [2.45, 2.75) is 38.8 Å². The zero-order valence-corrected chi connectivity index (χ0v) is 14.0. The van der Waals surface area contributed by atoms with Gasteiger partial charge in [0, 0.05) is 13.1 Å². The fraction of sp³-hybridized carbons (Fsp3) is 0.611. The number of hydrogen-bond donors (Lipinski definition) is 3. The van der Waals surface area contributed by atoms with Gasteiger partial charge >= 0.3 is 6.03 Å². The zero-order valence-electron chi connectivity index (χ0n) is 14.0. The Labute approximate surface area is 138 Å². The smallest absolute Gasteiger partial charge is 0.317 e. The highest BCUT2D eigenvalue weighted by atomic mass is 16.3. The highest BCUT2D eigenvalue weighted by Gasteiger charge is 2.33. The van der Waals surface area contributed by atoms with Crippen LogP contribution in [0.5, 0.6) is 0 Å². The van der Waals surface area contributed by atoms with Crippen LogP contribution in [-0.4, -0.2) is 53.0 Å². The summed E-state index contributed by atoms with van der Waals surface area (Å²) in [5.41, 5.74) is 1.27. The molecule has 1 aromatic carbocycles. The van der Waals surface area contributed by atoms with Crippen molar-refractivity contribution in [2.75, 3.05) is 19.7 Å². The minimum atomic E-state index is -0.539. The van der Waals surface area contributed by atoms with Crippen molar-refractivity contribution in [2.24, 2.45) is 11.8 Å². The lowest BCUT2D eigenvalue weighted by Crippen LogP contribution is -2.46. The summed E-state index contributed by atoms with van der Waals surface area (Å²) in [6, 6.07) is 9.80. The number of carbonyl (C=O) groups is 1.